The summed E-state index contributed by atoms with van der Waals surface area (Å²) in [6.45, 7) is 29.7. The zero-order valence-corrected chi connectivity index (χ0v) is 40.0. The number of fused-ring (bicyclic) bond motifs is 6. The van der Waals surface area contributed by atoms with E-state index in [-0.39, 0.29) is 57.3 Å². The minimum absolute atomic E-state index is 0. The Morgan fingerprint density at radius 1 is 0.696 bits per heavy atom. The number of rotatable bonds is 4. The second-order valence-corrected chi connectivity index (χ2v) is 20.3. The predicted octanol–water partition coefficient (Wildman–Crippen LogP) is 8.04. The minimum atomic E-state index is 0. The second-order valence-electron chi connectivity index (χ2n) is 19.1. The van der Waals surface area contributed by atoms with Crippen molar-refractivity contribution >= 4 is 8.78 Å². The number of hydrogen-bond donors (Lipinski definition) is 0. The molecule has 4 aromatic rings. The standard InChI is InChI=1S/C29H37.C19H22.C5H5.2ClH.Zr/c1-18-25-22-17-19-13-9-10-14-20(19)24(22)21-15-11-12-16-23(21)29(25,8)28(6,7)27(4,5)26(18,2)3;1-18(2,16-11-7-5-8-12-16)15-19(3,4)17-13-9-6-10-14-17;1-2-4-5-3-1;;;/h9-11,13-15,23H,12,16-17H2,1-8H3;5-14H,1-4H3;1-5H;2*1H;/q-1;;-1;;;+2/p-2. The van der Waals surface area contributed by atoms with Crippen molar-refractivity contribution in [3.63, 3.8) is 0 Å². The van der Waals surface area contributed by atoms with Crippen LogP contribution >= 0.6 is 0 Å². The smallest absolute Gasteiger partial charge is 0.00969 e. The van der Waals surface area contributed by atoms with Gasteiger partial charge in [0.25, 0.3) is 0 Å². The van der Waals surface area contributed by atoms with Crippen molar-refractivity contribution in [3.8, 4) is 0 Å². The fourth-order valence-electron chi connectivity index (χ4n) is 10.7. The maximum absolute atomic E-state index is 2.62. The van der Waals surface area contributed by atoms with E-state index >= 15 is 0 Å². The van der Waals surface area contributed by atoms with Gasteiger partial charge in [-0.05, 0) is 40.6 Å². The Balaban J connectivity index is 0.000000225. The van der Waals surface area contributed by atoms with Gasteiger partial charge in [-0.3, -0.25) is 0 Å². The Morgan fingerprint density at radius 3 is 1.70 bits per heavy atom. The summed E-state index contributed by atoms with van der Waals surface area (Å²) >= 11 is 1.51. The molecular weight excluding hydrogens is 799 g/mol. The first kappa shape index (κ1) is 46.1. The monoisotopic (exact) mass is 860 g/mol. The molecule has 4 aliphatic carbocycles. The van der Waals surface area contributed by atoms with Crippen LogP contribution in [0, 0.1) is 33.5 Å². The molecule has 0 spiro atoms. The number of benzene rings is 3. The summed E-state index contributed by atoms with van der Waals surface area (Å²) < 4.78 is 1.58. The Kier molecular flexibility index (Phi) is 14.0. The third-order valence-corrected chi connectivity index (χ3v) is 18.7. The Hall–Kier alpha value is -2.57. The van der Waals surface area contributed by atoms with E-state index in [1.54, 1.807) is 31.4 Å². The average Bonchev–Trinajstić information content (AvgIpc) is 3.87. The van der Waals surface area contributed by atoms with E-state index in [0.717, 1.165) is 6.42 Å². The molecule has 3 heteroatoms. The Labute approximate surface area is 368 Å². The summed E-state index contributed by atoms with van der Waals surface area (Å²) in [6.07, 6.45) is 8.50. The van der Waals surface area contributed by atoms with Crippen LogP contribution in [0.2, 0.25) is 0 Å². The van der Waals surface area contributed by atoms with Gasteiger partial charge < -0.3 is 24.8 Å². The third kappa shape index (κ3) is 7.35. The fourth-order valence-corrected chi connectivity index (χ4v) is 11.4. The van der Waals surface area contributed by atoms with Gasteiger partial charge in [0.15, 0.2) is 0 Å². The van der Waals surface area contributed by atoms with Crippen molar-refractivity contribution in [3.05, 3.63) is 172 Å². The zero-order chi connectivity index (χ0) is 39.3. The van der Waals surface area contributed by atoms with Crippen molar-refractivity contribution in [2.45, 2.75) is 113 Å². The van der Waals surface area contributed by atoms with Crippen LogP contribution in [0.15, 0.2) is 144 Å². The third-order valence-electron chi connectivity index (χ3n) is 15.6. The van der Waals surface area contributed by atoms with Crippen LogP contribution in [0.1, 0.15) is 118 Å². The molecule has 0 aliphatic heterocycles. The van der Waals surface area contributed by atoms with Crippen LogP contribution in [0.4, 0.5) is 0 Å². The van der Waals surface area contributed by atoms with Crippen molar-refractivity contribution in [2.75, 3.05) is 0 Å². The average molecular weight is 863 g/mol. The van der Waals surface area contributed by atoms with Crippen molar-refractivity contribution in [2.24, 2.45) is 27.6 Å². The van der Waals surface area contributed by atoms with Crippen LogP contribution in [0.5, 0.6) is 0 Å². The summed E-state index contributed by atoms with van der Waals surface area (Å²) in [4.78, 5) is 0. The number of halogens is 2. The van der Waals surface area contributed by atoms with Gasteiger partial charge in [-0.2, -0.15) is 29.3 Å². The molecule has 4 aliphatic rings. The second kappa shape index (κ2) is 17.0. The number of allylic oxidation sites excluding steroid dienone is 6. The van der Waals surface area contributed by atoms with Crippen LogP contribution in [0.3, 0.4) is 0 Å². The molecular formula is C53H64Cl2Zr-2. The molecule has 0 bridgehead atoms. The van der Waals surface area contributed by atoms with E-state index in [9.17, 15) is 0 Å². The Morgan fingerprint density at radius 2 is 1.20 bits per heavy atom. The van der Waals surface area contributed by atoms with Crippen LogP contribution in [-0.4, -0.2) is 3.21 Å². The predicted molar refractivity (Wildman–Crippen MR) is 230 cm³/mol. The van der Waals surface area contributed by atoms with Gasteiger partial charge in [0, 0.05) is 0 Å². The topological polar surface area (TPSA) is 0 Å². The molecule has 0 saturated heterocycles. The van der Waals surface area contributed by atoms with Crippen molar-refractivity contribution < 1.29 is 49.0 Å². The maximum Gasteiger partial charge on any atom is -0.00969 e. The molecule has 1 fully saturated rings. The summed E-state index contributed by atoms with van der Waals surface area (Å²) in [5.74, 6) is 2.24. The van der Waals surface area contributed by atoms with Crippen molar-refractivity contribution in [1.29, 1.82) is 0 Å². The minimum Gasteiger partial charge on any atom is -1.00 e. The fraction of sp³-hybridized carbons (Fsp3) is 0.415. The van der Waals surface area contributed by atoms with Crippen LogP contribution < -0.4 is 24.8 Å². The summed E-state index contributed by atoms with van der Waals surface area (Å²) in [6, 6.07) is 40.8. The molecule has 0 N–H and O–H groups in total. The van der Waals surface area contributed by atoms with Gasteiger partial charge in [-0.1, -0.05) is 113 Å². The SMILES string of the molecule is CC(C)([C](=[Zr+2])C(C)(C)c1ccccc1)c1ccccc1.C[C-]1C2=C3Cc4ccccc4C3=C3C=CCCC3C2(C)C(C)(C)C(C)(C)C1(C)C.[Cl-].[Cl-].c1cc[cH-]c1. The van der Waals surface area contributed by atoms with Crippen molar-refractivity contribution in [1.82, 2.24) is 0 Å². The van der Waals surface area contributed by atoms with E-state index in [0.29, 0.717) is 5.92 Å². The molecule has 56 heavy (non-hydrogen) atoms. The van der Waals surface area contributed by atoms with Gasteiger partial charge in [0.05, 0.1) is 0 Å². The van der Waals surface area contributed by atoms with E-state index in [4.69, 9.17) is 0 Å². The van der Waals surface area contributed by atoms with Gasteiger partial charge in [0.2, 0.25) is 0 Å². The van der Waals surface area contributed by atoms with E-state index in [1.807, 2.05) is 30.3 Å². The molecule has 8 rings (SSSR count). The molecule has 296 valence electrons. The van der Waals surface area contributed by atoms with Gasteiger partial charge >= 0.3 is 138 Å². The summed E-state index contributed by atoms with van der Waals surface area (Å²) in [7, 11) is 0. The summed E-state index contributed by atoms with van der Waals surface area (Å²) in [5.41, 5.74) is 13.3. The summed E-state index contributed by atoms with van der Waals surface area (Å²) in [5, 5.41) is 0. The number of hydrogen-bond acceptors (Lipinski definition) is 0. The molecule has 0 heterocycles. The van der Waals surface area contributed by atoms with Crippen LogP contribution in [-0.2, 0) is 41.5 Å². The van der Waals surface area contributed by atoms with E-state index in [1.165, 1.54) is 59.3 Å². The molecule has 4 aromatic carbocycles. The molecule has 0 nitrogen and oxygen atoms in total. The quantitative estimate of drug-likeness (QED) is 0.183. The van der Waals surface area contributed by atoms with Crippen LogP contribution in [0.25, 0.3) is 5.57 Å². The molecule has 2 unspecified atom stereocenters. The molecule has 0 radical (unpaired) electrons. The molecule has 0 amide bonds. The first-order chi connectivity index (χ1) is 25.3. The Bertz CT molecular complexity index is 1980. The van der Waals surface area contributed by atoms with E-state index in [2.05, 4.69) is 180 Å². The normalized spacial score (nSPS) is 22.3. The molecule has 0 aromatic heterocycles. The first-order valence-electron chi connectivity index (χ1n) is 20.3. The molecule has 2 atom stereocenters. The van der Waals surface area contributed by atoms with Gasteiger partial charge in [-0.25, -0.2) is 18.1 Å². The zero-order valence-electron chi connectivity index (χ0n) is 36.1. The molecule has 1 saturated carbocycles. The van der Waals surface area contributed by atoms with Gasteiger partial charge in [0.1, 0.15) is 0 Å². The maximum atomic E-state index is 2.62. The van der Waals surface area contributed by atoms with E-state index < -0.39 is 0 Å². The van der Waals surface area contributed by atoms with Gasteiger partial charge in [-0.15, -0.1) is 6.92 Å². The first-order valence-corrected chi connectivity index (χ1v) is 21.5. The largest absolute Gasteiger partial charge is 1.00 e.